The standard InChI is InChI=1S/C14H24N2O6/c1-8(13(20)7-22-2)14(21)10-5-15-9(4-16-10)3-11(18)12(19)6-17/h4-5,8,11-14,17-21H,3,6-7H2,1-2H3. The van der Waals surface area contributed by atoms with E-state index in [0.717, 1.165) is 0 Å². The molecule has 0 aliphatic rings. The van der Waals surface area contributed by atoms with Crippen molar-refractivity contribution in [2.45, 2.75) is 37.8 Å². The molecule has 5 unspecified atom stereocenters. The van der Waals surface area contributed by atoms with Gasteiger partial charge in [-0.3, -0.25) is 9.97 Å². The Hall–Kier alpha value is -1.16. The summed E-state index contributed by atoms with van der Waals surface area (Å²) in [5, 5.41) is 47.6. The Morgan fingerprint density at radius 3 is 2.23 bits per heavy atom. The van der Waals surface area contributed by atoms with Gasteiger partial charge in [0, 0.05) is 25.6 Å². The van der Waals surface area contributed by atoms with Gasteiger partial charge < -0.3 is 30.3 Å². The molecule has 0 saturated carbocycles. The molecule has 0 radical (unpaired) electrons. The number of aliphatic hydroxyl groups excluding tert-OH is 5. The first-order valence-electron chi connectivity index (χ1n) is 7.03. The van der Waals surface area contributed by atoms with Gasteiger partial charge in [-0.05, 0) is 0 Å². The second kappa shape index (κ2) is 9.09. The van der Waals surface area contributed by atoms with Gasteiger partial charge >= 0.3 is 0 Å². The Morgan fingerprint density at radius 1 is 1.05 bits per heavy atom. The van der Waals surface area contributed by atoms with E-state index in [0.29, 0.717) is 11.4 Å². The van der Waals surface area contributed by atoms with E-state index in [1.54, 1.807) is 6.92 Å². The Bertz CT molecular complexity index is 430. The third-order valence-corrected chi connectivity index (χ3v) is 3.52. The molecule has 5 N–H and O–H groups in total. The van der Waals surface area contributed by atoms with E-state index < -0.39 is 36.9 Å². The number of hydrogen-bond acceptors (Lipinski definition) is 8. The zero-order valence-corrected chi connectivity index (χ0v) is 12.7. The number of aromatic nitrogens is 2. The van der Waals surface area contributed by atoms with Crippen molar-refractivity contribution in [3.05, 3.63) is 23.8 Å². The molecule has 0 aliphatic heterocycles. The molecule has 0 bridgehead atoms. The summed E-state index contributed by atoms with van der Waals surface area (Å²) in [6, 6.07) is 0. The van der Waals surface area contributed by atoms with Crippen LogP contribution in [0.2, 0.25) is 0 Å². The number of hydrogen-bond donors (Lipinski definition) is 5. The average molecular weight is 316 g/mol. The van der Waals surface area contributed by atoms with Gasteiger partial charge in [-0.15, -0.1) is 0 Å². The Labute approximate surface area is 129 Å². The van der Waals surface area contributed by atoms with Crippen LogP contribution in [0.5, 0.6) is 0 Å². The highest BCUT2D eigenvalue weighted by Crippen LogP contribution is 2.22. The fraction of sp³-hybridized carbons (Fsp3) is 0.714. The van der Waals surface area contributed by atoms with Gasteiger partial charge in [-0.1, -0.05) is 6.92 Å². The fourth-order valence-corrected chi connectivity index (χ4v) is 1.90. The molecule has 1 aromatic heterocycles. The molecular weight excluding hydrogens is 292 g/mol. The van der Waals surface area contributed by atoms with Crippen molar-refractivity contribution >= 4 is 0 Å². The molecule has 8 nitrogen and oxygen atoms in total. The summed E-state index contributed by atoms with van der Waals surface area (Å²) in [6.07, 6.45) is -1.45. The lowest BCUT2D eigenvalue weighted by Crippen LogP contribution is -2.31. The summed E-state index contributed by atoms with van der Waals surface area (Å²) >= 11 is 0. The lowest BCUT2D eigenvalue weighted by atomic mass is 9.96. The lowest BCUT2D eigenvalue weighted by Gasteiger charge is -2.23. The second-order valence-corrected chi connectivity index (χ2v) is 5.28. The molecule has 1 aromatic rings. The Kier molecular flexibility index (Phi) is 7.80. The van der Waals surface area contributed by atoms with Gasteiger partial charge in [0.25, 0.3) is 0 Å². The molecular formula is C14H24N2O6. The number of nitrogens with zero attached hydrogens (tertiary/aromatic N) is 2. The molecule has 0 amide bonds. The summed E-state index contributed by atoms with van der Waals surface area (Å²) < 4.78 is 4.84. The molecule has 0 aromatic carbocycles. The van der Waals surface area contributed by atoms with Gasteiger partial charge in [-0.25, -0.2) is 0 Å². The minimum atomic E-state index is -1.24. The first-order chi connectivity index (χ1) is 10.4. The Morgan fingerprint density at radius 2 is 1.73 bits per heavy atom. The summed E-state index contributed by atoms with van der Waals surface area (Å²) in [5.74, 6) is -0.484. The van der Waals surface area contributed by atoms with Crippen LogP contribution >= 0.6 is 0 Å². The van der Waals surface area contributed by atoms with E-state index in [4.69, 9.17) is 9.84 Å². The summed E-state index contributed by atoms with van der Waals surface area (Å²) in [5.41, 5.74) is 0.713. The molecule has 0 spiro atoms. The summed E-state index contributed by atoms with van der Waals surface area (Å²) in [6.45, 7) is 1.24. The highest BCUT2D eigenvalue weighted by Gasteiger charge is 2.25. The Balaban J connectivity index is 2.67. The van der Waals surface area contributed by atoms with Gasteiger partial charge in [-0.2, -0.15) is 0 Å². The minimum Gasteiger partial charge on any atom is -0.394 e. The van der Waals surface area contributed by atoms with E-state index in [-0.39, 0.29) is 13.0 Å². The van der Waals surface area contributed by atoms with Crippen molar-refractivity contribution < 1.29 is 30.3 Å². The average Bonchev–Trinajstić information content (AvgIpc) is 2.53. The van der Waals surface area contributed by atoms with E-state index >= 15 is 0 Å². The van der Waals surface area contributed by atoms with Crippen molar-refractivity contribution in [1.29, 1.82) is 0 Å². The molecule has 0 saturated heterocycles. The summed E-state index contributed by atoms with van der Waals surface area (Å²) in [4.78, 5) is 8.12. The normalized spacial score (nSPS) is 18.5. The molecule has 1 rings (SSSR count). The predicted molar refractivity (Wildman–Crippen MR) is 76.8 cm³/mol. The first-order valence-corrected chi connectivity index (χ1v) is 7.03. The largest absolute Gasteiger partial charge is 0.394 e. The van der Waals surface area contributed by atoms with E-state index in [9.17, 15) is 20.4 Å². The van der Waals surface area contributed by atoms with Crippen molar-refractivity contribution in [3.63, 3.8) is 0 Å². The minimum absolute atomic E-state index is 0.0347. The number of ether oxygens (including phenoxy) is 1. The van der Waals surface area contributed by atoms with Crippen LogP contribution in [-0.4, -0.2) is 74.1 Å². The molecule has 0 aliphatic carbocycles. The summed E-state index contributed by atoms with van der Waals surface area (Å²) in [7, 11) is 1.46. The van der Waals surface area contributed by atoms with Crippen LogP contribution in [0.15, 0.2) is 12.4 Å². The van der Waals surface area contributed by atoms with Crippen LogP contribution in [0.3, 0.4) is 0 Å². The topological polar surface area (TPSA) is 136 Å². The smallest absolute Gasteiger partial charge is 0.103 e. The van der Waals surface area contributed by atoms with E-state index in [1.807, 2.05) is 0 Å². The molecule has 0 fully saturated rings. The van der Waals surface area contributed by atoms with Crippen molar-refractivity contribution in [2.24, 2.45) is 5.92 Å². The third-order valence-electron chi connectivity index (χ3n) is 3.52. The maximum absolute atomic E-state index is 10.1. The maximum Gasteiger partial charge on any atom is 0.103 e. The molecule has 8 heteroatoms. The van der Waals surface area contributed by atoms with Gasteiger partial charge in [0.1, 0.15) is 12.2 Å². The van der Waals surface area contributed by atoms with E-state index in [2.05, 4.69) is 9.97 Å². The highest BCUT2D eigenvalue weighted by molar-refractivity contribution is 5.07. The van der Waals surface area contributed by atoms with Crippen LogP contribution in [0, 0.1) is 5.92 Å². The fourth-order valence-electron chi connectivity index (χ4n) is 1.90. The van der Waals surface area contributed by atoms with Crippen molar-refractivity contribution in [3.8, 4) is 0 Å². The van der Waals surface area contributed by atoms with Crippen molar-refractivity contribution in [1.82, 2.24) is 9.97 Å². The lowest BCUT2D eigenvalue weighted by molar-refractivity contribution is -0.0219. The number of aliphatic hydroxyl groups is 5. The number of rotatable bonds is 9. The van der Waals surface area contributed by atoms with Crippen LogP contribution in [0.1, 0.15) is 24.4 Å². The van der Waals surface area contributed by atoms with Crippen LogP contribution < -0.4 is 0 Å². The monoisotopic (exact) mass is 316 g/mol. The molecule has 22 heavy (non-hydrogen) atoms. The van der Waals surface area contributed by atoms with Gasteiger partial charge in [0.15, 0.2) is 0 Å². The molecule has 5 atom stereocenters. The molecule has 126 valence electrons. The zero-order valence-electron chi connectivity index (χ0n) is 12.7. The third kappa shape index (κ3) is 5.24. The van der Waals surface area contributed by atoms with E-state index in [1.165, 1.54) is 19.5 Å². The van der Waals surface area contributed by atoms with Crippen molar-refractivity contribution in [2.75, 3.05) is 20.3 Å². The van der Waals surface area contributed by atoms with Crippen LogP contribution in [-0.2, 0) is 11.2 Å². The highest BCUT2D eigenvalue weighted by atomic mass is 16.5. The van der Waals surface area contributed by atoms with Crippen LogP contribution in [0.25, 0.3) is 0 Å². The molecule has 1 heterocycles. The zero-order chi connectivity index (χ0) is 16.7. The maximum atomic E-state index is 10.1. The predicted octanol–water partition coefficient (Wildman–Crippen LogP) is -1.59. The quantitative estimate of drug-likeness (QED) is 0.368. The number of methoxy groups -OCH3 is 1. The SMILES string of the molecule is COCC(O)C(C)C(O)c1cnc(CC(O)C(O)CO)cn1. The second-order valence-electron chi connectivity index (χ2n) is 5.28. The first kappa shape index (κ1) is 18.9. The van der Waals surface area contributed by atoms with Gasteiger partial charge in [0.05, 0.1) is 43.0 Å². The van der Waals surface area contributed by atoms with Gasteiger partial charge in [0.2, 0.25) is 0 Å². The van der Waals surface area contributed by atoms with Crippen LogP contribution in [0.4, 0.5) is 0 Å².